The van der Waals surface area contributed by atoms with Gasteiger partial charge in [-0.3, -0.25) is 10.1 Å². The Hall–Kier alpha value is -3.24. The third-order valence-corrected chi connectivity index (χ3v) is 5.61. The summed E-state index contributed by atoms with van der Waals surface area (Å²) in [5, 5.41) is 5.51. The number of hydrogen-bond donors (Lipinski definition) is 1. The van der Waals surface area contributed by atoms with Crippen LogP contribution in [0.2, 0.25) is 0 Å². The molecule has 1 amide bonds. The summed E-state index contributed by atoms with van der Waals surface area (Å²) in [6, 6.07) is 24.7. The second-order valence-electron chi connectivity index (χ2n) is 7.17. The van der Waals surface area contributed by atoms with Crippen molar-refractivity contribution in [2.24, 2.45) is 0 Å². The topological polar surface area (TPSA) is 42.0 Å². The van der Waals surface area contributed by atoms with Crippen molar-refractivity contribution in [2.75, 3.05) is 5.32 Å². The Morgan fingerprint density at radius 1 is 0.931 bits per heavy atom. The monoisotopic (exact) mass is 398 g/mol. The molecule has 1 N–H and O–H groups in total. The molecule has 0 aliphatic rings. The number of amides is 1. The number of carbonyl (C=O) groups is 1. The molecule has 0 atom stereocenters. The van der Waals surface area contributed by atoms with Crippen LogP contribution in [0.1, 0.15) is 32.6 Å². The predicted octanol–water partition coefficient (Wildman–Crippen LogP) is 6.27. The van der Waals surface area contributed by atoms with Gasteiger partial charge >= 0.3 is 0 Å². The minimum atomic E-state index is -0.124. The van der Waals surface area contributed by atoms with Gasteiger partial charge in [0.1, 0.15) is 0 Å². The van der Waals surface area contributed by atoms with Crippen molar-refractivity contribution < 1.29 is 4.79 Å². The highest BCUT2D eigenvalue weighted by Gasteiger charge is 2.12. The fourth-order valence-corrected chi connectivity index (χ4v) is 4.04. The van der Waals surface area contributed by atoms with Crippen LogP contribution in [-0.2, 0) is 6.42 Å². The Morgan fingerprint density at radius 2 is 1.66 bits per heavy atom. The molecule has 144 valence electrons. The molecule has 1 heterocycles. The normalized spacial score (nSPS) is 10.7. The molecule has 4 aromatic rings. The molecule has 0 aliphatic heterocycles. The fourth-order valence-electron chi connectivity index (χ4n) is 3.32. The molecule has 0 aliphatic carbocycles. The van der Waals surface area contributed by atoms with Gasteiger partial charge in [0.15, 0.2) is 5.13 Å². The molecule has 1 aromatic heterocycles. The molecule has 4 heteroatoms. The summed E-state index contributed by atoms with van der Waals surface area (Å²) in [4.78, 5) is 17.2. The van der Waals surface area contributed by atoms with Gasteiger partial charge in [-0.1, -0.05) is 72.3 Å². The third-order valence-electron chi connectivity index (χ3n) is 4.85. The molecule has 0 fully saturated rings. The van der Waals surface area contributed by atoms with Gasteiger partial charge in [0.2, 0.25) is 0 Å². The number of thiazole rings is 1. The first-order valence-electron chi connectivity index (χ1n) is 9.56. The van der Waals surface area contributed by atoms with Crippen molar-refractivity contribution in [3.63, 3.8) is 0 Å². The van der Waals surface area contributed by atoms with Gasteiger partial charge in [0.25, 0.3) is 5.91 Å². The molecule has 3 aromatic carbocycles. The number of aryl methyl sites for hydroxylation is 2. The highest BCUT2D eigenvalue weighted by molar-refractivity contribution is 7.14. The van der Waals surface area contributed by atoms with E-state index >= 15 is 0 Å². The Morgan fingerprint density at radius 3 is 2.38 bits per heavy atom. The number of nitrogens with one attached hydrogen (secondary N) is 1. The SMILES string of the molecule is Cc1ccc(C(=O)Nc2nc(-c3ccc(Cc4ccccc4)cc3)cs2)c(C)c1. The summed E-state index contributed by atoms with van der Waals surface area (Å²) in [7, 11) is 0. The maximum Gasteiger partial charge on any atom is 0.257 e. The van der Waals surface area contributed by atoms with E-state index in [2.05, 4.69) is 58.8 Å². The summed E-state index contributed by atoms with van der Waals surface area (Å²) < 4.78 is 0. The number of nitrogens with zero attached hydrogens (tertiary/aromatic N) is 1. The molecule has 0 spiro atoms. The van der Waals surface area contributed by atoms with Gasteiger partial charge in [-0.05, 0) is 43.0 Å². The molecule has 0 saturated carbocycles. The maximum atomic E-state index is 12.6. The highest BCUT2D eigenvalue weighted by Crippen LogP contribution is 2.26. The number of carbonyl (C=O) groups excluding carboxylic acids is 1. The summed E-state index contributed by atoms with van der Waals surface area (Å²) >= 11 is 1.44. The van der Waals surface area contributed by atoms with Gasteiger partial charge < -0.3 is 0 Å². The van der Waals surface area contributed by atoms with Gasteiger partial charge in [-0.15, -0.1) is 11.3 Å². The second-order valence-corrected chi connectivity index (χ2v) is 8.03. The van der Waals surface area contributed by atoms with Gasteiger partial charge in [-0.25, -0.2) is 4.98 Å². The first-order valence-corrected chi connectivity index (χ1v) is 10.4. The molecule has 0 radical (unpaired) electrons. The minimum Gasteiger partial charge on any atom is -0.298 e. The van der Waals surface area contributed by atoms with Crippen molar-refractivity contribution >= 4 is 22.4 Å². The second kappa shape index (κ2) is 8.41. The number of anilines is 1. The van der Waals surface area contributed by atoms with E-state index in [4.69, 9.17) is 0 Å². The Balaban J connectivity index is 1.45. The van der Waals surface area contributed by atoms with Crippen molar-refractivity contribution in [3.8, 4) is 11.3 Å². The summed E-state index contributed by atoms with van der Waals surface area (Å²) in [5.74, 6) is -0.124. The van der Waals surface area contributed by atoms with Crippen molar-refractivity contribution in [2.45, 2.75) is 20.3 Å². The molecule has 4 rings (SSSR count). The Kier molecular flexibility index (Phi) is 5.54. The van der Waals surface area contributed by atoms with Gasteiger partial charge in [0.05, 0.1) is 5.69 Å². The van der Waals surface area contributed by atoms with E-state index in [1.54, 1.807) is 0 Å². The first kappa shape index (κ1) is 19.1. The zero-order valence-corrected chi connectivity index (χ0v) is 17.3. The Labute approximate surface area is 175 Å². The largest absolute Gasteiger partial charge is 0.298 e. The van der Waals surface area contributed by atoms with Crippen molar-refractivity contribution in [1.29, 1.82) is 0 Å². The fraction of sp³-hybridized carbons (Fsp3) is 0.120. The van der Waals surface area contributed by atoms with E-state index in [9.17, 15) is 4.79 Å². The van der Waals surface area contributed by atoms with Crippen LogP contribution >= 0.6 is 11.3 Å². The summed E-state index contributed by atoms with van der Waals surface area (Å²) in [6.07, 6.45) is 0.912. The van der Waals surface area contributed by atoms with Crippen LogP contribution in [0.5, 0.6) is 0 Å². The van der Waals surface area contributed by atoms with Crippen LogP contribution in [0, 0.1) is 13.8 Å². The lowest BCUT2D eigenvalue weighted by molar-refractivity contribution is 0.102. The highest BCUT2D eigenvalue weighted by atomic mass is 32.1. The summed E-state index contributed by atoms with van der Waals surface area (Å²) in [5.41, 5.74) is 7.27. The van der Waals surface area contributed by atoms with E-state index in [0.717, 1.165) is 28.8 Å². The molecule has 0 saturated heterocycles. The maximum absolute atomic E-state index is 12.6. The van der Waals surface area contributed by atoms with Crippen LogP contribution in [-0.4, -0.2) is 10.9 Å². The van der Waals surface area contributed by atoms with Crippen LogP contribution in [0.4, 0.5) is 5.13 Å². The zero-order valence-electron chi connectivity index (χ0n) is 16.5. The van der Waals surface area contributed by atoms with E-state index in [-0.39, 0.29) is 5.91 Å². The lowest BCUT2D eigenvalue weighted by Gasteiger charge is -2.06. The lowest BCUT2D eigenvalue weighted by Crippen LogP contribution is -2.13. The van der Waals surface area contributed by atoms with Crippen molar-refractivity contribution in [1.82, 2.24) is 4.98 Å². The van der Waals surface area contributed by atoms with E-state index < -0.39 is 0 Å². The van der Waals surface area contributed by atoms with Gasteiger partial charge in [0, 0.05) is 16.5 Å². The molecule has 0 bridgehead atoms. The van der Waals surface area contributed by atoms with Gasteiger partial charge in [-0.2, -0.15) is 0 Å². The number of hydrogen-bond acceptors (Lipinski definition) is 3. The average Bonchev–Trinajstić information content (AvgIpc) is 3.17. The lowest BCUT2D eigenvalue weighted by atomic mass is 10.0. The van der Waals surface area contributed by atoms with E-state index in [1.165, 1.54) is 22.5 Å². The predicted molar refractivity (Wildman–Crippen MR) is 121 cm³/mol. The molecule has 29 heavy (non-hydrogen) atoms. The number of benzene rings is 3. The molecule has 0 unspecified atom stereocenters. The molecular formula is C25H22N2OS. The quantitative estimate of drug-likeness (QED) is 0.430. The standard InChI is InChI=1S/C25H22N2OS/c1-17-8-13-22(18(2)14-17)24(28)27-25-26-23(16-29-25)21-11-9-20(10-12-21)15-19-6-4-3-5-7-19/h3-14,16H,15H2,1-2H3,(H,26,27,28). The smallest absolute Gasteiger partial charge is 0.257 e. The third kappa shape index (κ3) is 4.61. The number of aromatic nitrogens is 1. The van der Waals surface area contributed by atoms with E-state index in [0.29, 0.717) is 10.7 Å². The van der Waals surface area contributed by atoms with E-state index in [1.807, 2.05) is 43.5 Å². The Bertz CT molecular complexity index is 1130. The summed E-state index contributed by atoms with van der Waals surface area (Å²) in [6.45, 7) is 3.97. The average molecular weight is 399 g/mol. The van der Waals surface area contributed by atoms with Crippen LogP contribution in [0.15, 0.2) is 78.2 Å². The zero-order chi connectivity index (χ0) is 20.2. The van der Waals surface area contributed by atoms with Crippen LogP contribution < -0.4 is 5.32 Å². The first-order chi connectivity index (χ1) is 14.1. The number of rotatable bonds is 5. The van der Waals surface area contributed by atoms with Crippen molar-refractivity contribution in [3.05, 3.63) is 106 Å². The van der Waals surface area contributed by atoms with Crippen LogP contribution in [0.3, 0.4) is 0 Å². The minimum absolute atomic E-state index is 0.124. The molecule has 3 nitrogen and oxygen atoms in total. The molecular weight excluding hydrogens is 376 g/mol. The van der Waals surface area contributed by atoms with Crippen LogP contribution in [0.25, 0.3) is 11.3 Å².